The number of rotatable bonds is 24. The topological polar surface area (TPSA) is 285 Å². The van der Waals surface area contributed by atoms with E-state index < -0.39 is 42.4 Å². The first-order valence-corrected chi connectivity index (χ1v) is 48.9. The van der Waals surface area contributed by atoms with Crippen LogP contribution in [0, 0.1) is 99.4 Å². The Kier molecular flexibility index (Phi) is 46.7. The van der Waals surface area contributed by atoms with Gasteiger partial charge in [-0.1, -0.05) is 82.1 Å². The van der Waals surface area contributed by atoms with Crippen molar-refractivity contribution in [3.63, 3.8) is 0 Å². The molecule has 0 heterocycles. The van der Waals surface area contributed by atoms with E-state index in [1.165, 1.54) is 99.3 Å². The van der Waals surface area contributed by atoms with Gasteiger partial charge in [0.25, 0.3) is 0 Å². The van der Waals surface area contributed by atoms with Crippen molar-refractivity contribution in [3.8, 4) is 34.5 Å². The summed E-state index contributed by atoms with van der Waals surface area (Å²) in [7, 11) is 7.90. The van der Waals surface area contributed by atoms with Gasteiger partial charge in [0, 0.05) is 46.4 Å². The highest BCUT2D eigenvalue weighted by Gasteiger charge is 2.21. The molecule has 0 bridgehead atoms. The highest BCUT2D eigenvalue weighted by atomic mass is 127. The molecule has 0 aliphatic carbocycles. The van der Waals surface area contributed by atoms with E-state index in [4.69, 9.17) is 40.0 Å². The van der Waals surface area contributed by atoms with Gasteiger partial charge in [-0.25, -0.2) is 33.2 Å². The van der Waals surface area contributed by atoms with Gasteiger partial charge < -0.3 is 56.8 Å². The van der Waals surface area contributed by atoms with Crippen LogP contribution >= 0.6 is 146 Å². The normalized spacial score (nSPS) is 10.3. The first kappa shape index (κ1) is 113. The monoisotopic (exact) mass is 2450 g/mol. The molecule has 6 amide bonds. The molecule has 12 aromatic carbocycles. The van der Waals surface area contributed by atoms with E-state index in [1.807, 2.05) is 208 Å². The van der Waals surface area contributed by atoms with Gasteiger partial charge in [-0.15, -0.1) is 0 Å². The van der Waals surface area contributed by atoms with Gasteiger partial charge in [0.2, 0.25) is 0 Å². The third kappa shape index (κ3) is 35.3. The molecule has 0 atom stereocenters. The molecule has 0 unspecified atom stereocenters. The Bertz CT molecular complexity index is 5550. The van der Waals surface area contributed by atoms with Crippen molar-refractivity contribution in [1.82, 2.24) is 0 Å². The van der Waals surface area contributed by atoms with Crippen LogP contribution in [0.5, 0.6) is 34.5 Å². The number of hydrogen-bond donors (Lipinski definition) is 6. The number of ether oxygens (including phenoxy) is 12. The first-order valence-electron chi connectivity index (χ1n) is 41.8. The van der Waals surface area contributed by atoms with Crippen LogP contribution in [0.3, 0.4) is 0 Å². The summed E-state index contributed by atoms with van der Waals surface area (Å²) < 4.78 is 84.3. The third-order valence-electron chi connectivity index (χ3n) is 21.0. The number of benzene rings is 12. The van der Waals surface area contributed by atoms with Gasteiger partial charge in [-0.3, -0.25) is 31.9 Å². The maximum absolute atomic E-state index is 14.1. The number of halogens is 10. The Morgan fingerprint density at radius 2 is 0.504 bits per heavy atom. The van der Waals surface area contributed by atoms with E-state index in [2.05, 4.69) is 222 Å². The van der Waals surface area contributed by atoms with Gasteiger partial charge in [0.1, 0.15) is 80.0 Å². The maximum Gasteiger partial charge on any atom is 0.411 e. The lowest BCUT2D eigenvalue weighted by Crippen LogP contribution is -2.14. The summed E-state index contributed by atoms with van der Waals surface area (Å²) in [4.78, 5) is 68.5. The largest absolute Gasteiger partial charge is 0.488 e. The average Bonchev–Trinajstić information content (AvgIpc) is 0.837. The second kappa shape index (κ2) is 56.4. The van der Waals surface area contributed by atoms with Crippen molar-refractivity contribution < 1.29 is 90.0 Å². The van der Waals surface area contributed by atoms with Crippen molar-refractivity contribution in [1.29, 1.82) is 0 Å². The van der Waals surface area contributed by atoms with Crippen LogP contribution in [0.4, 0.5) is 67.3 Å². The standard InChI is InChI=1S/C18H20BrNO3.C17H17Br2NO3.C17H17BrClNO3.C17H17BrFNO3.C17H17BrINO3.C17H18BrNO3/c1-11-6-5-7-16(20-18(21)22-4)14(11)10-23-17-9-13(3)12(2)8-15(17)19;1-10-7-14(19)16(8-11(10)2)23-9-12-13(18)5-4-6-15(12)20-17(21)22-3;3*1-10-7-13(18)16(8-11(10)2)23-9-12-14(19)5-4-6-15(12)20-17(21)22-3;1-11-8-14(18)16(9-12(11)2)22-10-13-6-4-5-7-15(13)19-17(20)21-3/h5-9H,10H2,1-4H3,(H,20,21);4*4-8H,9H2,1-3H3,(H,20,21);4-9H,10H2,1-3H3,(H,19,20). The van der Waals surface area contributed by atoms with Crippen molar-refractivity contribution >= 4 is 216 Å². The number of para-hydroxylation sites is 1. The van der Waals surface area contributed by atoms with E-state index in [-0.39, 0.29) is 18.8 Å². The molecule has 12 rings (SSSR count). The minimum atomic E-state index is -0.663. The Morgan fingerprint density at radius 3 is 0.861 bits per heavy atom. The first-order chi connectivity index (χ1) is 65.1. The molecule has 0 spiro atoms. The van der Waals surface area contributed by atoms with Gasteiger partial charge in [0.05, 0.1) is 104 Å². The van der Waals surface area contributed by atoms with Gasteiger partial charge in [0.15, 0.2) is 0 Å². The minimum absolute atomic E-state index is 0.0207. The maximum atomic E-state index is 14.1. The molecule has 34 heteroatoms. The fourth-order valence-corrected chi connectivity index (χ4v) is 16.9. The minimum Gasteiger partial charge on any atom is -0.488 e. The number of carbonyl (C=O) groups is 6. The molecule has 0 aromatic heterocycles. The van der Waals surface area contributed by atoms with Crippen molar-refractivity contribution in [2.75, 3.05) is 74.6 Å². The molecule has 726 valence electrons. The smallest absolute Gasteiger partial charge is 0.411 e. The number of anilines is 6. The van der Waals surface area contributed by atoms with Gasteiger partial charge in [-0.05, 0) is 414 Å². The van der Waals surface area contributed by atoms with Crippen LogP contribution in [0.15, 0.2) is 219 Å². The third-order valence-corrected chi connectivity index (χ3v) is 26.8. The molecular formula is C103H106Br7ClFIN6O18. The van der Waals surface area contributed by atoms with Crippen molar-refractivity contribution in [2.24, 2.45) is 0 Å². The van der Waals surface area contributed by atoms with Crippen LogP contribution in [0.25, 0.3) is 0 Å². The quantitative estimate of drug-likeness (QED) is 0.0242. The summed E-state index contributed by atoms with van der Waals surface area (Å²) in [5, 5.41) is 16.4. The number of carbonyl (C=O) groups excluding carboxylic acids is 6. The van der Waals surface area contributed by atoms with Crippen LogP contribution in [0.2, 0.25) is 5.02 Å². The summed E-state index contributed by atoms with van der Waals surface area (Å²) in [6, 6.07) is 58.0. The van der Waals surface area contributed by atoms with E-state index in [1.54, 1.807) is 30.3 Å². The second-order valence-corrected chi connectivity index (χ2v) is 38.0. The molecule has 0 aliphatic rings. The predicted octanol–water partition coefficient (Wildman–Crippen LogP) is 31.4. The van der Waals surface area contributed by atoms with Crippen LogP contribution < -0.4 is 60.3 Å². The highest BCUT2D eigenvalue weighted by molar-refractivity contribution is 14.1. The SMILES string of the molecule is COC(=O)Nc1cccc(Br)c1COc1cc(C)c(C)cc1Br.COC(=O)Nc1cccc(C)c1COc1cc(C)c(C)cc1Br.COC(=O)Nc1cccc(Cl)c1COc1cc(C)c(C)cc1Br.COC(=O)Nc1cccc(F)c1COc1cc(C)c(C)cc1Br.COC(=O)Nc1cccc(I)c1COc1cc(C)c(C)cc1Br.COC(=O)Nc1ccccc1COc1cc(C)c(C)cc1Br. The fourth-order valence-electron chi connectivity index (χ4n) is 12.1. The predicted molar refractivity (Wildman–Crippen MR) is 573 cm³/mol. The summed E-state index contributed by atoms with van der Waals surface area (Å²) in [6.07, 6.45) is -3.23. The number of hydrogen-bond acceptors (Lipinski definition) is 18. The van der Waals surface area contributed by atoms with E-state index in [0.717, 1.165) is 114 Å². The second-order valence-electron chi connectivity index (χ2n) is 30.5. The Morgan fingerprint density at radius 1 is 0.263 bits per heavy atom. The van der Waals surface area contributed by atoms with Gasteiger partial charge in [-0.2, -0.15) is 0 Å². The summed E-state index contributed by atoms with van der Waals surface area (Å²) in [6.45, 7) is 28.0. The number of nitrogens with one attached hydrogen (secondary N) is 6. The molecule has 0 aliphatic heterocycles. The zero-order valence-electron chi connectivity index (χ0n) is 78.8. The molecule has 0 fully saturated rings. The van der Waals surface area contributed by atoms with Crippen LogP contribution in [0.1, 0.15) is 106 Å². The summed E-state index contributed by atoms with van der Waals surface area (Å²) in [5.74, 6) is 3.96. The lowest BCUT2D eigenvalue weighted by atomic mass is 10.1. The molecule has 6 N–H and O–H groups in total. The van der Waals surface area contributed by atoms with Crippen molar-refractivity contribution in [2.45, 2.75) is 130 Å². The lowest BCUT2D eigenvalue weighted by Gasteiger charge is -2.15. The van der Waals surface area contributed by atoms with Crippen LogP contribution in [-0.4, -0.2) is 79.2 Å². The number of aryl methyl sites for hydroxylation is 13. The molecule has 137 heavy (non-hydrogen) atoms. The summed E-state index contributed by atoms with van der Waals surface area (Å²) >= 11 is 33.0. The zero-order chi connectivity index (χ0) is 101. The Balaban J connectivity index is 0.000000224. The number of amides is 6. The van der Waals surface area contributed by atoms with Gasteiger partial charge >= 0.3 is 36.6 Å². The lowest BCUT2D eigenvalue weighted by molar-refractivity contribution is 0.186. The molecule has 0 radical (unpaired) electrons. The highest BCUT2D eigenvalue weighted by Crippen LogP contribution is 2.39. The van der Waals surface area contributed by atoms with E-state index >= 15 is 0 Å². The zero-order valence-corrected chi connectivity index (χ0v) is 92.8. The molecule has 24 nitrogen and oxygen atoms in total. The van der Waals surface area contributed by atoms with Crippen molar-refractivity contribution in [3.05, 3.63) is 339 Å². The Labute approximate surface area is 876 Å². The molecule has 0 saturated carbocycles. The van der Waals surface area contributed by atoms with E-state index in [9.17, 15) is 33.2 Å². The fraction of sp³-hybridized carbons (Fsp3) is 0.243. The Hall–Kier alpha value is -10.6. The summed E-state index contributed by atoms with van der Waals surface area (Å²) in [5.41, 5.74) is 23.0. The van der Waals surface area contributed by atoms with E-state index in [0.29, 0.717) is 76.9 Å². The number of methoxy groups -OCH3 is 6. The van der Waals surface area contributed by atoms with Crippen LogP contribution in [-0.2, 0) is 68.1 Å². The molecule has 12 aromatic rings. The average molecular weight is 2460 g/mol. The molecular weight excluding hydrogens is 2350 g/mol. The molecule has 0 saturated heterocycles.